The van der Waals surface area contributed by atoms with Crippen molar-refractivity contribution in [2.45, 2.75) is 70.7 Å². The summed E-state index contributed by atoms with van der Waals surface area (Å²) in [6.07, 6.45) is 20.4. The molecule has 0 aromatic rings. The quantitative estimate of drug-likeness (QED) is 0.516. The van der Waals surface area contributed by atoms with E-state index in [-0.39, 0.29) is 17.7 Å². The summed E-state index contributed by atoms with van der Waals surface area (Å²) in [6.45, 7) is 10.1. The minimum Gasteiger partial charge on any atom is -0.346 e. The Balaban J connectivity index is 1.71. The fraction of sp³-hybridized carbons (Fsp3) is 0.500. The van der Waals surface area contributed by atoms with Gasteiger partial charge < -0.3 is 11.1 Å². The molecule has 0 radical (unpaired) electrons. The van der Waals surface area contributed by atoms with Crippen molar-refractivity contribution in [1.82, 2.24) is 5.32 Å². The van der Waals surface area contributed by atoms with Crippen LogP contribution in [-0.2, 0) is 9.59 Å². The van der Waals surface area contributed by atoms with E-state index in [1.807, 2.05) is 62.9 Å². The molecule has 0 spiro atoms. The van der Waals surface area contributed by atoms with Crippen LogP contribution in [0.1, 0.15) is 53.9 Å². The number of ketones is 1. The van der Waals surface area contributed by atoms with Crippen LogP contribution >= 0.6 is 11.8 Å². The molecule has 0 aromatic carbocycles. The van der Waals surface area contributed by atoms with E-state index in [0.717, 1.165) is 35.3 Å². The van der Waals surface area contributed by atoms with Gasteiger partial charge in [0, 0.05) is 17.7 Å². The van der Waals surface area contributed by atoms with Gasteiger partial charge in [0.15, 0.2) is 0 Å². The van der Waals surface area contributed by atoms with Crippen molar-refractivity contribution in [2.75, 3.05) is 5.75 Å². The van der Waals surface area contributed by atoms with E-state index in [2.05, 4.69) is 43.5 Å². The molecule has 33 heavy (non-hydrogen) atoms. The number of amides is 1. The maximum Gasteiger partial charge on any atom is 0.230 e. The molecule has 0 bridgehead atoms. The van der Waals surface area contributed by atoms with Crippen molar-refractivity contribution in [3.8, 4) is 0 Å². The Hall–Kier alpha value is -2.11. The summed E-state index contributed by atoms with van der Waals surface area (Å²) in [7, 11) is 0. The summed E-state index contributed by atoms with van der Waals surface area (Å²) < 4.78 is 0. The predicted octanol–water partition coefficient (Wildman–Crippen LogP) is 5.20. The molecule has 3 N–H and O–H groups in total. The molecule has 4 nitrogen and oxygen atoms in total. The largest absolute Gasteiger partial charge is 0.346 e. The lowest BCUT2D eigenvalue weighted by molar-refractivity contribution is -0.129. The normalized spacial score (nSPS) is 29.3. The maximum absolute atomic E-state index is 13.4. The van der Waals surface area contributed by atoms with Crippen molar-refractivity contribution in [1.29, 1.82) is 0 Å². The summed E-state index contributed by atoms with van der Waals surface area (Å²) in [5, 5.41) is 3.75. The maximum atomic E-state index is 13.4. The number of nitrogens with two attached hydrogens (primary N) is 1. The van der Waals surface area contributed by atoms with E-state index in [9.17, 15) is 9.59 Å². The van der Waals surface area contributed by atoms with E-state index in [1.165, 1.54) is 0 Å². The van der Waals surface area contributed by atoms with Gasteiger partial charge >= 0.3 is 0 Å². The van der Waals surface area contributed by atoms with Crippen molar-refractivity contribution in [3.05, 3.63) is 71.4 Å². The number of thioether (sulfide) groups is 1. The van der Waals surface area contributed by atoms with E-state index >= 15 is 0 Å². The van der Waals surface area contributed by atoms with Crippen molar-refractivity contribution in [2.24, 2.45) is 17.1 Å². The Kier molecular flexibility index (Phi) is 8.07. The van der Waals surface area contributed by atoms with Gasteiger partial charge in [-0.2, -0.15) is 11.8 Å². The average molecular weight is 467 g/mol. The van der Waals surface area contributed by atoms with E-state index in [0.29, 0.717) is 11.7 Å². The van der Waals surface area contributed by atoms with E-state index < -0.39 is 16.9 Å². The van der Waals surface area contributed by atoms with Gasteiger partial charge in [0.05, 0.1) is 16.9 Å². The molecule has 0 saturated carbocycles. The van der Waals surface area contributed by atoms with E-state index in [1.54, 1.807) is 0 Å². The molecule has 0 aliphatic heterocycles. The molecule has 3 aliphatic carbocycles. The number of Topliss-reactive ketones (excluding diaryl/α,β-unsaturated/α-hetero) is 1. The number of rotatable bonds is 8. The zero-order valence-electron chi connectivity index (χ0n) is 20.6. The minimum absolute atomic E-state index is 0.0528. The molecular formula is C28H38N2O2S. The molecule has 0 aromatic heterocycles. The van der Waals surface area contributed by atoms with Crippen molar-refractivity contribution >= 4 is 23.5 Å². The first-order chi connectivity index (χ1) is 15.6. The fourth-order valence-corrected chi connectivity index (χ4v) is 5.25. The molecule has 4 unspecified atom stereocenters. The summed E-state index contributed by atoms with van der Waals surface area (Å²) in [6, 6.07) is -0.372. The van der Waals surface area contributed by atoms with Gasteiger partial charge in [0.1, 0.15) is 5.78 Å². The summed E-state index contributed by atoms with van der Waals surface area (Å²) in [4.78, 5) is 26.6. The van der Waals surface area contributed by atoms with Gasteiger partial charge in [-0.05, 0) is 63.0 Å². The third kappa shape index (κ3) is 5.88. The Morgan fingerprint density at radius 2 is 2.03 bits per heavy atom. The number of hydrogen-bond acceptors (Lipinski definition) is 4. The van der Waals surface area contributed by atoms with Gasteiger partial charge in [0.2, 0.25) is 5.91 Å². The number of allylic oxidation sites excluding steroid dienone is 6. The predicted molar refractivity (Wildman–Crippen MR) is 140 cm³/mol. The first-order valence-electron chi connectivity index (χ1n) is 11.9. The second kappa shape index (κ2) is 10.4. The number of hydrogen-bond donors (Lipinski definition) is 2. The molecule has 0 fully saturated rings. The van der Waals surface area contributed by atoms with Crippen LogP contribution in [0.15, 0.2) is 71.4 Å². The highest BCUT2D eigenvalue weighted by Gasteiger charge is 2.39. The molecular weight excluding hydrogens is 428 g/mol. The van der Waals surface area contributed by atoms with Crippen LogP contribution in [0.2, 0.25) is 0 Å². The molecule has 0 saturated heterocycles. The third-order valence-electron chi connectivity index (χ3n) is 7.10. The minimum atomic E-state index is -0.784. The number of carbonyl (C=O) groups excluding carboxylic acids is 2. The van der Waals surface area contributed by atoms with Crippen LogP contribution in [0.3, 0.4) is 0 Å². The van der Waals surface area contributed by atoms with Crippen LogP contribution in [0.25, 0.3) is 0 Å². The zero-order chi connectivity index (χ0) is 24.2. The topological polar surface area (TPSA) is 72.2 Å². The molecule has 0 heterocycles. The monoisotopic (exact) mass is 466 g/mol. The highest BCUT2D eigenvalue weighted by Crippen LogP contribution is 2.35. The summed E-state index contributed by atoms with van der Waals surface area (Å²) in [5.74, 6) is 0.705. The molecule has 3 aliphatic rings. The van der Waals surface area contributed by atoms with Crippen LogP contribution in [-0.4, -0.2) is 34.3 Å². The van der Waals surface area contributed by atoms with Crippen LogP contribution in [0, 0.1) is 11.3 Å². The SMILES string of the molecule is CCSC1C=CC(CC(=O)C2C=C(C(C)(C)C(=O)NC3(C)CC=CC=C3C)C=CC2N)=CC1. The van der Waals surface area contributed by atoms with Gasteiger partial charge in [-0.15, -0.1) is 0 Å². The molecule has 1 amide bonds. The molecule has 178 valence electrons. The lowest BCUT2D eigenvalue weighted by Crippen LogP contribution is -2.52. The van der Waals surface area contributed by atoms with Gasteiger partial charge in [-0.25, -0.2) is 0 Å². The van der Waals surface area contributed by atoms with Crippen LogP contribution < -0.4 is 11.1 Å². The van der Waals surface area contributed by atoms with Crippen molar-refractivity contribution < 1.29 is 9.59 Å². The second-order valence-corrected chi connectivity index (χ2v) is 11.5. The number of nitrogens with one attached hydrogen (secondary N) is 1. The fourth-order valence-electron chi connectivity index (χ4n) is 4.40. The van der Waals surface area contributed by atoms with Crippen molar-refractivity contribution in [3.63, 3.8) is 0 Å². The Morgan fingerprint density at radius 1 is 1.27 bits per heavy atom. The third-order valence-corrected chi connectivity index (χ3v) is 8.21. The summed E-state index contributed by atoms with van der Waals surface area (Å²) >= 11 is 1.92. The Morgan fingerprint density at radius 3 is 2.67 bits per heavy atom. The average Bonchev–Trinajstić information content (AvgIpc) is 2.77. The Labute approximate surface area is 203 Å². The molecule has 4 atom stereocenters. The van der Waals surface area contributed by atoms with Gasteiger partial charge in [-0.1, -0.05) is 61.6 Å². The zero-order valence-corrected chi connectivity index (χ0v) is 21.4. The van der Waals surface area contributed by atoms with E-state index in [4.69, 9.17) is 5.73 Å². The first-order valence-corrected chi connectivity index (χ1v) is 13.0. The molecule has 3 rings (SSSR count). The van der Waals surface area contributed by atoms with Crippen LogP contribution in [0.4, 0.5) is 0 Å². The van der Waals surface area contributed by atoms with Crippen LogP contribution in [0.5, 0.6) is 0 Å². The first kappa shape index (κ1) is 25.5. The highest BCUT2D eigenvalue weighted by atomic mass is 32.2. The van der Waals surface area contributed by atoms with Gasteiger partial charge in [-0.3, -0.25) is 9.59 Å². The standard InChI is InChI=1S/C28H38N2O2S/c1-6-33-22-13-10-20(11-14-22)17-25(31)23-18-21(12-15-24(23)29)27(3,4)26(32)30-28(5)16-8-7-9-19(28)2/h7-13,15,18,22-24H,6,14,16-17,29H2,1-5H3,(H,30,32). The van der Waals surface area contributed by atoms with Gasteiger partial charge in [0.25, 0.3) is 0 Å². The number of carbonyl (C=O) groups is 2. The highest BCUT2D eigenvalue weighted by molar-refractivity contribution is 8.00. The smallest absolute Gasteiger partial charge is 0.230 e. The lowest BCUT2D eigenvalue weighted by atomic mass is 9.75. The lowest BCUT2D eigenvalue weighted by Gasteiger charge is -2.37. The Bertz CT molecular complexity index is 966. The summed E-state index contributed by atoms with van der Waals surface area (Å²) in [5.41, 5.74) is 8.15. The second-order valence-electron chi connectivity index (χ2n) is 9.99. The molecule has 5 heteroatoms.